The predicted octanol–water partition coefficient (Wildman–Crippen LogP) is 2.08. The number of piperidine rings is 1. The number of carbonyl (C=O) groups is 3. The Labute approximate surface area is 149 Å². The molecule has 0 atom stereocenters. The first kappa shape index (κ1) is 18.0. The van der Waals surface area contributed by atoms with Crippen LogP contribution in [-0.2, 0) is 19.1 Å². The van der Waals surface area contributed by atoms with Crippen LogP contribution in [0.4, 0.5) is 0 Å². The van der Waals surface area contributed by atoms with Gasteiger partial charge in [0.15, 0.2) is 0 Å². The molecule has 0 aromatic rings. The zero-order valence-electron chi connectivity index (χ0n) is 15.2. The molecule has 6 nitrogen and oxygen atoms in total. The van der Waals surface area contributed by atoms with Crippen LogP contribution in [0.25, 0.3) is 0 Å². The number of amides is 2. The summed E-state index contributed by atoms with van der Waals surface area (Å²) in [6.45, 7) is 4.24. The Kier molecular flexibility index (Phi) is 5.16. The van der Waals surface area contributed by atoms with Gasteiger partial charge in [0.05, 0.1) is 5.57 Å². The molecule has 0 aromatic heterocycles. The molecule has 25 heavy (non-hydrogen) atoms. The van der Waals surface area contributed by atoms with Crippen molar-refractivity contribution in [1.29, 1.82) is 0 Å². The number of nitrogens with one attached hydrogen (secondary N) is 1. The van der Waals surface area contributed by atoms with Crippen LogP contribution < -0.4 is 5.32 Å². The van der Waals surface area contributed by atoms with E-state index in [0.29, 0.717) is 37.1 Å². The molecule has 1 saturated heterocycles. The van der Waals surface area contributed by atoms with Crippen molar-refractivity contribution in [3.05, 3.63) is 11.1 Å². The minimum absolute atomic E-state index is 0.0179. The van der Waals surface area contributed by atoms with Crippen LogP contribution in [0.5, 0.6) is 0 Å². The summed E-state index contributed by atoms with van der Waals surface area (Å²) in [7, 11) is 0. The first-order valence-corrected chi connectivity index (χ1v) is 9.44. The lowest BCUT2D eigenvalue weighted by Gasteiger charge is -2.39. The van der Waals surface area contributed by atoms with Crippen molar-refractivity contribution in [3.8, 4) is 0 Å². The molecule has 0 radical (unpaired) electrons. The van der Waals surface area contributed by atoms with Crippen molar-refractivity contribution < 1.29 is 19.1 Å². The molecule has 0 bridgehead atoms. The Balaban J connectivity index is 1.75. The second-order valence-corrected chi connectivity index (χ2v) is 7.55. The molecule has 6 heteroatoms. The van der Waals surface area contributed by atoms with E-state index in [2.05, 4.69) is 5.32 Å². The maximum atomic E-state index is 13.0. The van der Waals surface area contributed by atoms with Gasteiger partial charge in [-0.2, -0.15) is 0 Å². The van der Waals surface area contributed by atoms with Gasteiger partial charge in [-0.25, -0.2) is 4.79 Å². The highest BCUT2D eigenvalue weighted by Crippen LogP contribution is 2.41. The second kappa shape index (κ2) is 7.18. The van der Waals surface area contributed by atoms with Crippen molar-refractivity contribution in [2.45, 2.75) is 76.9 Å². The van der Waals surface area contributed by atoms with E-state index in [1.54, 1.807) is 18.7 Å². The van der Waals surface area contributed by atoms with Gasteiger partial charge in [-0.05, 0) is 19.8 Å². The number of ether oxygens (including phenoxy) is 1. The second-order valence-electron chi connectivity index (χ2n) is 7.55. The minimum Gasteiger partial charge on any atom is -0.450 e. The van der Waals surface area contributed by atoms with E-state index >= 15 is 0 Å². The highest BCUT2D eigenvalue weighted by molar-refractivity contribution is 6.07. The Hall–Kier alpha value is -1.85. The van der Waals surface area contributed by atoms with Gasteiger partial charge in [0.25, 0.3) is 5.91 Å². The first-order chi connectivity index (χ1) is 11.9. The van der Waals surface area contributed by atoms with Crippen LogP contribution in [0.2, 0.25) is 0 Å². The lowest BCUT2D eigenvalue weighted by atomic mass is 9.82. The number of carbonyl (C=O) groups excluding carboxylic acids is 3. The Bertz CT molecular complexity index is 595. The van der Waals surface area contributed by atoms with Crippen LogP contribution in [-0.4, -0.2) is 47.4 Å². The molecular formula is C19H28N2O4. The van der Waals surface area contributed by atoms with E-state index in [9.17, 15) is 14.4 Å². The predicted molar refractivity (Wildman–Crippen MR) is 92.6 cm³/mol. The number of esters is 1. The van der Waals surface area contributed by atoms with Crippen molar-refractivity contribution in [2.75, 3.05) is 13.1 Å². The molecule has 2 fully saturated rings. The lowest BCUT2D eigenvalue weighted by molar-refractivity contribution is -0.152. The summed E-state index contributed by atoms with van der Waals surface area (Å²) in [6.07, 6.45) is 7.69. The fourth-order valence-electron chi connectivity index (χ4n) is 4.34. The summed E-state index contributed by atoms with van der Waals surface area (Å²) in [5.74, 6) is -0.543. The Morgan fingerprint density at radius 1 is 1.12 bits per heavy atom. The van der Waals surface area contributed by atoms with Crippen LogP contribution in [0.1, 0.15) is 65.2 Å². The lowest BCUT2D eigenvalue weighted by Crippen LogP contribution is -2.50. The molecule has 3 aliphatic rings. The van der Waals surface area contributed by atoms with E-state index < -0.39 is 11.6 Å². The number of nitrogens with zero attached hydrogens (tertiary/aromatic N) is 1. The van der Waals surface area contributed by atoms with Gasteiger partial charge in [-0.3, -0.25) is 9.59 Å². The largest absolute Gasteiger partial charge is 0.450 e. The van der Waals surface area contributed by atoms with E-state index in [4.69, 9.17) is 4.74 Å². The molecule has 1 saturated carbocycles. The SMILES string of the molecule is CC(=O)N1CCC2(CC1)OC(=O)C(C)=C2C(=O)NC1CCCCCC1. The van der Waals surface area contributed by atoms with E-state index in [1.165, 1.54) is 12.8 Å². The molecule has 0 unspecified atom stereocenters. The molecule has 2 aliphatic heterocycles. The van der Waals surface area contributed by atoms with Crippen LogP contribution in [0.15, 0.2) is 11.1 Å². The van der Waals surface area contributed by atoms with Crippen LogP contribution in [0.3, 0.4) is 0 Å². The average Bonchev–Trinajstić information content (AvgIpc) is 2.74. The molecule has 2 amide bonds. The zero-order chi connectivity index (χ0) is 18.0. The molecule has 3 rings (SSSR count). The van der Waals surface area contributed by atoms with E-state index in [-0.39, 0.29) is 17.9 Å². The smallest absolute Gasteiger partial charge is 0.335 e. The zero-order valence-corrected chi connectivity index (χ0v) is 15.2. The molecule has 1 spiro atoms. The minimum atomic E-state index is -0.859. The molecule has 1 aliphatic carbocycles. The topological polar surface area (TPSA) is 75.7 Å². The third-order valence-electron chi connectivity index (χ3n) is 5.86. The highest BCUT2D eigenvalue weighted by atomic mass is 16.6. The standard InChI is InChI=1S/C19H28N2O4/c1-13-16(17(23)20-15-7-5-3-4-6-8-15)19(25-18(13)24)9-11-21(12-10-19)14(2)22/h15H,3-12H2,1-2H3,(H,20,23). The van der Waals surface area contributed by atoms with Crippen molar-refractivity contribution in [3.63, 3.8) is 0 Å². The highest BCUT2D eigenvalue weighted by Gasteiger charge is 2.51. The quantitative estimate of drug-likeness (QED) is 0.612. The molecular weight excluding hydrogens is 320 g/mol. The summed E-state index contributed by atoms with van der Waals surface area (Å²) < 4.78 is 5.67. The fourth-order valence-corrected chi connectivity index (χ4v) is 4.34. The van der Waals surface area contributed by atoms with Gasteiger partial charge in [0, 0.05) is 44.5 Å². The van der Waals surface area contributed by atoms with Gasteiger partial charge in [0.2, 0.25) is 5.91 Å². The molecule has 0 aromatic carbocycles. The van der Waals surface area contributed by atoms with Gasteiger partial charge in [-0.1, -0.05) is 25.7 Å². The summed E-state index contributed by atoms with van der Waals surface area (Å²) in [5, 5.41) is 3.15. The number of rotatable bonds is 2. The Morgan fingerprint density at radius 2 is 1.72 bits per heavy atom. The third-order valence-corrected chi connectivity index (χ3v) is 5.86. The number of likely N-dealkylation sites (tertiary alicyclic amines) is 1. The number of hydrogen-bond acceptors (Lipinski definition) is 4. The fraction of sp³-hybridized carbons (Fsp3) is 0.737. The van der Waals surface area contributed by atoms with Crippen LogP contribution >= 0.6 is 0 Å². The van der Waals surface area contributed by atoms with E-state index in [1.807, 2.05) is 0 Å². The van der Waals surface area contributed by atoms with Crippen LogP contribution in [0, 0.1) is 0 Å². The third kappa shape index (κ3) is 3.58. The van der Waals surface area contributed by atoms with Crippen molar-refractivity contribution in [2.24, 2.45) is 0 Å². The summed E-state index contributed by atoms with van der Waals surface area (Å²) in [4.78, 5) is 38.5. The molecule has 1 N–H and O–H groups in total. The monoisotopic (exact) mass is 348 g/mol. The maximum Gasteiger partial charge on any atom is 0.335 e. The number of hydrogen-bond donors (Lipinski definition) is 1. The summed E-state index contributed by atoms with van der Waals surface area (Å²) >= 11 is 0. The van der Waals surface area contributed by atoms with Gasteiger partial charge in [0.1, 0.15) is 5.60 Å². The van der Waals surface area contributed by atoms with Crippen molar-refractivity contribution >= 4 is 17.8 Å². The van der Waals surface area contributed by atoms with Gasteiger partial charge < -0.3 is 15.0 Å². The van der Waals surface area contributed by atoms with Gasteiger partial charge in [-0.15, -0.1) is 0 Å². The molecule has 138 valence electrons. The average molecular weight is 348 g/mol. The normalized spacial score (nSPS) is 24.2. The Morgan fingerprint density at radius 3 is 2.28 bits per heavy atom. The maximum absolute atomic E-state index is 13.0. The first-order valence-electron chi connectivity index (χ1n) is 9.44. The summed E-state index contributed by atoms with van der Waals surface area (Å²) in [6, 6.07) is 0.181. The van der Waals surface area contributed by atoms with Gasteiger partial charge >= 0.3 is 5.97 Å². The van der Waals surface area contributed by atoms with E-state index in [0.717, 1.165) is 25.7 Å². The molecule has 2 heterocycles. The van der Waals surface area contributed by atoms with Crippen molar-refractivity contribution in [1.82, 2.24) is 10.2 Å². The summed E-state index contributed by atoms with van der Waals surface area (Å²) in [5.41, 5.74) is 0.0504.